The molecule has 0 radical (unpaired) electrons. The second-order valence-corrected chi connectivity index (χ2v) is 8.00. The molecule has 0 aliphatic carbocycles. The van der Waals surface area contributed by atoms with Gasteiger partial charge < -0.3 is 9.80 Å². The van der Waals surface area contributed by atoms with E-state index in [1.54, 1.807) is 0 Å². The number of hydrogen-bond donors (Lipinski definition) is 0. The number of hydrogen-bond acceptors (Lipinski definition) is 4. The number of aromatic nitrogens is 2. The van der Waals surface area contributed by atoms with Crippen LogP contribution in [0.4, 0.5) is 17.3 Å². The molecule has 0 N–H and O–H groups in total. The molecule has 0 atom stereocenters. The molecule has 0 fully saturated rings. The molecule has 0 amide bonds. The molecule has 0 unspecified atom stereocenters. The third-order valence-electron chi connectivity index (χ3n) is 5.57. The van der Waals surface area contributed by atoms with Crippen molar-refractivity contribution in [2.75, 3.05) is 29.4 Å². The molecule has 5 nitrogen and oxygen atoms in total. The van der Waals surface area contributed by atoms with Gasteiger partial charge in [-0.05, 0) is 57.6 Å². The SMILES string of the molecule is CCCN(CCCC#N)c1c2c(nn1C)N(c1c(C)cc(C)cc1C)CCC2. The Morgan fingerprint density at radius 3 is 2.54 bits per heavy atom. The van der Waals surface area contributed by atoms with Gasteiger partial charge in [0.2, 0.25) is 0 Å². The van der Waals surface area contributed by atoms with Gasteiger partial charge in [0.1, 0.15) is 5.82 Å². The monoisotopic (exact) mass is 379 g/mol. The van der Waals surface area contributed by atoms with E-state index < -0.39 is 0 Å². The first-order chi connectivity index (χ1) is 13.5. The van der Waals surface area contributed by atoms with E-state index in [4.69, 9.17) is 10.4 Å². The minimum Gasteiger partial charge on any atom is -0.357 e. The van der Waals surface area contributed by atoms with Crippen molar-refractivity contribution in [1.82, 2.24) is 9.78 Å². The van der Waals surface area contributed by atoms with Gasteiger partial charge in [0, 0.05) is 44.4 Å². The number of nitriles is 1. The molecule has 3 rings (SSSR count). The van der Waals surface area contributed by atoms with Gasteiger partial charge in [-0.3, -0.25) is 4.68 Å². The van der Waals surface area contributed by atoms with Crippen LogP contribution in [0.15, 0.2) is 12.1 Å². The summed E-state index contributed by atoms with van der Waals surface area (Å²) in [5, 5.41) is 13.9. The van der Waals surface area contributed by atoms with E-state index in [1.807, 2.05) is 0 Å². The number of anilines is 3. The summed E-state index contributed by atoms with van der Waals surface area (Å²) in [5.41, 5.74) is 6.61. The molecule has 1 aliphatic heterocycles. The van der Waals surface area contributed by atoms with E-state index in [0.29, 0.717) is 6.42 Å². The van der Waals surface area contributed by atoms with Crippen molar-refractivity contribution in [3.05, 3.63) is 34.4 Å². The van der Waals surface area contributed by atoms with Crippen LogP contribution < -0.4 is 9.80 Å². The predicted octanol–water partition coefficient (Wildman–Crippen LogP) is 4.95. The minimum absolute atomic E-state index is 0.605. The largest absolute Gasteiger partial charge is 0.357 e. The third-order valence-corrected chi connectivity index (χ3v) is 5.57. The van der Waals surface area contributed by atoms with Crippen molar-refractivity contribution < 1.29 is 0 Å². The maximum atomic E-state index is 8.93. The summed E-state index contributed by atoms with van der Waals surface area (Å²) in [6.07, 6.45) is 4.80. The van der Waals surface area contributed by atoms with Crippen molar-refractivity contribution in [3.8, 4) is 6.07 Å². The van der Waals surface area contributed by atoms with Gasteiger partial charge in [-0.15, -0.1) is 0 Å². The molecule has 28 heavy (non-hydrogen) atoms. The smallest absolute Gasteiger partial charge is 0.160 e. The Labute approximate surface area is 169 Å². The first kappa shape index (κ1) is 20.3. The lowest BCUT2D eigenvalue weighted by atomic mass is 10.00. The number of unbranched alkanes of at least 4 members (excludes halogenated alkanes) is 1. The second kappa shape index (κ2) is 8.68. The van der Waals surface area contributed by atoms with Crippen LogP contribution >= 0.6 is 0 Å². The van der Waals surface area contributed by atoms with Gasteiger partial charge in [0.05, 0.1) is 6.07 Å². The molecule has 5 heteroatoms. The molecular weight excluding hydrogens is 346 g/mol. The van der Waals surface area contributed by atoms with E-state index in [0.717, 1.165) is 51.1 Å². The zero-order valence-corrected chi connectivity index (χ0v) is 18.0. The van der Waals surface area contributed by atoms with Gasteiger partial charge >= 0.3 is 0 Å². The van der Waals surface area contributed by atoms with Gasteiger partial charge in [-0.2, -0.15) is 10.4 Å². The molecule has 0 bridgehead atoms. The maximum Gasteiger partial charge on any atom is 0.160 e. The number of benzene rings is 1. The van der Waals surface area contributed by atoms with Crippen molar-refractivity contribution in [2.24, 2.45) is 7.05 Å². The highest BCUT2D eigenvalue weighted by atomic mass is 15.4. The fourth-order valence-corrected chi connectivity index (χ4v) is 4.66. The first-order valence-electron chi connectivity index (χ1n) is 10.5. The summed E-state index contributed by atoms with van der Waals surface area (Å²) in [6.45, 7) is 11.7. The Bertz CT molecular complexity index is 851. The fraction of sp³-hybridized carbons (Fsp3) is 0.565. The Morgan fingerprint density at radius 2 is 1.89 bits per heavy atom. The quantitative estimate of drug-likeness (QED) is 0.639. The van der Waals surface area contributed by atoms with Crippen molar-refractivity contribution in [3.63, 3.8) is 0 Å². The third kappa shape index (κ3) is 3.87. The van der Waals surface area contributed by atoms with Crippen LogP contribution in [0.2, 0.25) is 0 Å². The standard InChI is InChI=1S/C23H33N5/c1-6-12-27(13-8-7-11-24)23-20-10-9-14-28(22(20)25-26(23)5)21-18(3)15-17(2)16-19(21)4/h15-16H,6-10,12-14H2,1-5H3. The van der Waals surface area contributed by atoms with E-state index in [9.17, 15) is 0 Å². The highest BCUT2D eigenvalue weighted by Crippen LogP contribution is 2.40. The summed E-state index contributed by atoms with van der Waals surface area (Å²) in [6, 6.07) is 6.81. The van der Waals surface area contributed by atoms with E-state index in [-0.39, 0.29) is 0 Å². The summed E-state index contributed by atoms with van der Waals surface area (Å²) < 4.78 is 2.06. The van der Waals surface area contributed by atoms with Crippen LogP contribution in [0.5, 0.6) is 0 Å². The van der Waals surface area contributed by atoms with Crippen LogP contribution in [0, 0.1) is 32.1 Å². The Morgan fingerprint density at radius 1 is 1.18 bits per heavy atom. The molecule has 0 saturated carbocycles. The second-order valence-electron chi connectivity index (χ2n) is 8.00. The lowest BCUT2D eigenvalue weighted by molar-refractivity contribution is 0.668. The van der Waals surface area contributed by atoms with Crippen LogP contribution in [-0.4, -0.2) is 29.4 Å². The molecular formula is C23H33N5. The average molecular weight is 380 g/mol. The molecule has 2 aromatic rings. The van der Waals surface area contributed by atoms with Crippen LogP contribution in [-0.2, 0) is 13.5 Å². The van der Waals surface area contributed by atoms with Gasteiger partial charge in [-0.1, -0.05) is 24.6 Å². The van der Waals surface area contributed by atoms with Crippen LogP contribution in [0.25, 0.3) is 0 Å². The van der Waals surface area contributed by atoms with Gasteiger partial charge in [-0.25, -0.2) is 0 Å². The molecule has 2 heterocycles. The summed E-state index contributed by atoms with van der Waals surface area (Å²) in [7, 11) is 2.06. The molecule has 0 spiro atoms. The van der Waals surface area contributed by atoms with Crippen molar-refractivity contribution >= 4 is 17.3 Å². The predicted molar refractivity (Wildman–Crippen MR) is 117 cm³/mol. The summed E-state index contributed by atoms with van der Waals surface area (Å²) in [4.78, 5) is 4.85. The number of aryl methyl sites for hydroxylation is 4. The van der Waals surface area contributed by atoms with Gasteiger partial charge in [0.15, 0.2) is 5.82 Å². The Kier molecular flexibility index (Phi) is 6.28. The molecule has 1 aliphatic rings. The van der Waals surface area contributed by atoms with Crippen LogP contribution in [0.3, 0.4) is 0 Å². The van der Waals surface area contributed by atoms with Gasteiger partial charge in [0.25, 0.3) is 0 Å². The molecule has 150 valence electrons. The zero-order chi connectivity index (χ0) is 20.3. The lowest BCUT2D eigenvalue weighted by Gasteiger charge is -2.32. The molecule has 1 aromatic heterocycles. The first-order valence-corrected chi connectivity index (χ1v) is 10.5. The summed E-state index contributed by atoms with van der Waals surface area (Å²) in [5.74, 6) is 2.35. The molecule has 1 aromatic carbocycles. The fourth-order valence-electron chi connectivity index (χ4n) is 4.66. The number of nitrogens with zero attached hydrogens (tertiary/aromatic N) is 5. The maximum absolute atomic E-state index is 8.93. The zero-order valence-electron chi connectivity index (χ0n) is 18.0. The van der Waals surface area contributed by atoms with Crippen molar-refractivity contribution in [1.29, 1.82) is 5.26 Å². The number of rotatable bonds is 7. The average Bonchev–Trinajstić information content (AvgIpc) is 2.97. The Hall–Kier alpha value is -2.48. The topological polar surface area (TPSA) is 48.1 Å². The van der Waals surface area contributed by atoms with E-state index in [2.05, 4.69) is 67.4 Å². The Balaban J connectivity index is 2.02. The summed E-state index contributed by atoms with van der Waals surface area (Å²) >= 11 is 0. The highest BCUT2D eigenvalue weighted by Gasteiger charge is 2.29. The molecule has 0 saturated heterocycles. The van der Waals surface area contributed by atoms with E-state index >= 15 is 0 Å². The van der Waals surface area contributed by atoms with E-state index in [1.165, 1.54) is 33.8 Å². The minimum atomic E-state index is 0.605. The highest BCUT2D eigenvalue weighted by molar-refractivity contribution is 5.74. The van der Waals surface area contributed by atoms with Crippen LogP contribution in [0.1, 0.15) is 54.9 Å². The van der Waals surface area contributed by atoms with Crippen molar-refractivity contribution in [2.45, 2.75) is 59.8 Å². The number of fused-ring (bicyclic) bond motifs is 1. The normalized spacial score (nSPS) is 13.4. The lowest BCUT2D eigenvalue weighted by Crippen LogP contribution is -2.30.